The Kier molecular flexibility index (Phi) is 6.16. The van der Waals surface area contributed by atoms with Crippen LogP contribution in [-0.2, 0) is 0 Å². The Labute approximate surface area is 181 Å². The third-order valence-electron chi connectivity index (χ3n) is 5.20. The average Bonchev–Trinajstić information content (AvgIpc) is 3.19. The Morgan fingerprint density at radius 2 is 1.87 bits per heavy atom. The molecule has 0 atom stereocenters. The number of benzene rings is 1. The van der Waals surface area contributed by atoms with Crippen LogP contribution in [0.1, 0.15) is 29.9 Å². The standard InChI is InChI=1S/C23H27N5O3/c1-16(2)14-30-20-13-19(24-15-25-20)27-9-11-28(12-10-27)23(29)21-17(3)26-31-22(21)18-7-5-4-6-8-18/h4-8,13,15-16H,9-12,14H2,1-3H3. The van der Waals surface area contributed by atoms with Crippen molar-refractivity contribution in [2.45, 2.75) is 20.8 Å². The summed E-state index contributed by atoms with van der Waals surface area (Å²) < 4.78 is 11.2. The lowest BCUT2D eigenvalue weighted by Crippen LogP contribution is -2.49. The second-order valence-corrected chi connectivity index (χ2v) is 8.04. The molecule has 4 rings (SSSR count). The lowest BCUT2D eigenvalue weighted by Gasteiger charge is -2.35. The van der Waals surface area contributed by atoms with E-state index in [-0.39, 0.29) is 5.91 Å². The molecule has 8 heteroatoms. The van der Waals surface area contributed by atoms with Crippen molar-refractivity contribution in [1.82, 2.24) is 20.0 Å². The van der Waals surface area contributed by atoms with Crippen molar-refractivity contribution >= 4 is 11.7 Å². The number of anilines is 1. The van der Waals surface area contributed by atoms with Crippen LogP contribution >= 0.6 is 0 Å². The molecule has 0 N–H and O–H groups in total. The van der Waals surface area contributed by atoms with Crippen molar-refractivity contribution in [3.8, 4) is 17.2 Å². The number of amides is 1. The third kappa shape index (κ3) is 4.68. The van der Waals surface area contributed by atoms with Crippen LogP contribution in [0.2, 0.25) is 0 Å². The summed E-state index contributed by atoms with van der Waals surface area (Å²) in [6.07, 6.45) is 1.52. The fraction of sp³-hybridized carbons (Fsp3) is 0.391. The van der Waals surface area contributed by atoms with Gasteiger partial charge in [-0.05, 0) is 12.8 Å². The summed E-state index contributed by atoms with van der Waals surface area (Å²) in [6.45, 7) is 9.14. The highest BCUT2D eigenvalue weighted by Crippen LogP contribution is 2.28. The second kappa shape index (κ2) is 9.16. The Morgan fingerprint density at radius 1 is 1.13 bits per heavy atom. The Bertz CT molecular complexity index is 1030. The van der Waals surface area contributed by atoms with Crippen molar-refractivity contribution in [2.75, 3.05) is 37.7 Å². The van der Waals surface area contributed by atoms with Gasteiger partial charge < -0.3 is 19.1 Å². The molecule has 3 aromatic rings. The molecule has 1 aromatic carbocycles. The molecule has 1 amide bonds. The van der Waals surface area contributed by atoms with Crippen molar-refractivity contribution in [3.63, 3.8) is 0 Å². The highest BCUT2D eigenvalue weighted by Gasteiger charge is 2.29. The summed E-state index contributed by atoms with van der Waals surface area (Å²) in [4.78, 5) is 25.8. The first-order chi connectivity index (χ1) is 15.0. The van der Waals surface area contributed by atoms with Gasteiger partial charge in [0.2, 0.25) is 5.88 Å². The van der Waals surface area contributed by atoms with Crippen LogP contribution in [0, 0.1) is 12.8 Å². The quantitative estimate of drug-likeness (QED) is 0.603. The first-order valence-corrected chi connectivity index (χ1v) is 10.5. The van der Waals surface area contributed by atoms with E-state index in [0.29, 0.717) is 61.6 Å². The zero-order valence-corrected chi connectivity index (χ0v) is 18.1. The fourth-order valence-corrected chi connectivity index (χ4v) is 3.54. The molecule has 8 nitrogen and oxygen atoms in total. The number of carbonyl (C=O) groups is 1. The van der Waals surface area contributed by atoms with Crippen LogP contribution in [0.25, 0.3) is 11.3 Å². The Hall–Kier alpha value is -3.42. The molecule has 0 unspecified atom stereocenters. The largest absolute Gasteiger partial charge is 0.477 e. The van der Waals surface area contributed by atoms with Gasteiger partial charge in [-0.25, -0.2) is 9.97 Å². The second-order valence-electron chi connectivity index (χ2n) is 8.04. The van der Waals surface area contributed by atoms with Gasteiger partial charge in [-0.1, -0.05) is 49.3 Å². The number of ether oxygens (including phenoxy) is 1. The van der Waals surface area contributed by atoms with Crippen molar-refractivity contribution in [3.05, 3.63) is 54.0 Å². The number of rotatable bonds is 6. The topological polar surface area (TPSA) is 84.6 Å². The maximum absolute atomic E-state index is 13.3. The molecule has 31 heavy (non-hydrogen) atoms. The van der Waals surface area contributed by atoms with E-state index in [1.807, 2.05) is 41.3 Å². The number of hydrogen-bond acceptors (Lipinski definition) is 7. The predicted molar refractivity (Wildman–Crippen MR) is 117 cm³/mol. The predicted octanol–water partition coefficient (Wildman–Crippen LogP) is 3.44. The fourth-order valence-electron chi connectivity index (χ4n) is 3.54. The minimum atomic E-state index is -0.0547. The highest BCUT2D eigenvalue weighted by atomic mass is 16.5. The van der Waals surface area contributed by atoms with Crippen LogP contribution in [-0.4, -0.2) is 58.7 Å². The van der Waals surface area contributed by atoms with E-state index in [9.17, 15) is 4.79 Å². The molecule has 1 fully saturated rings. The van der Waals surface area contributed by atoms with Gasteiger partial charge in [-0.3, -0.25) is 4.79 Å². The molecular formula is C23H27N5O3. The zero-order valence-electron chi connectivity index (χ0n) is 18.1. The summed E-state index contributed by atoms with van der Waals surface area (Å²) in [5.41, 5.74) is 1.99. The Balaban J connectivity index is 1.44. The summed E-state index contributed by atoms with van der Waals surface area (Å²) in [7, 11) is 0. The van der Waals surface area contributed by atoms with E-state index >= 15 is 0 Å². The van der Waals surface area contributed by atoms with Gasteiger partial charge in [0.05, 0.1) is 12.3 Å². The lowest BCUT2D eigenvalue weighted by atomic mass is 10.1. The molecular weight excluding hydrogens is 394 g/mol. The normalized spacial score (nSPS) is 14.2. The number of piperazine rings is 1. The van der Waals surface area contributed by atoms with E-state index in [4.69, 9.17) is 9.26 Å². The third-order valence-corrected chi connectivity index (χ3v) is 5.20. The molecule has 0 radical (unpaired) electrons. The molecule has 0 saturated carbocycles. The van der Waals surface area contributed by atoms with Gasteiger partial charge in [0, 0.05) is 37.8 Å². The summed E-state index contributed by atoms with van der Waals surface area (Å²) in [6, 6.07) is 11.5. The minimum Gasteiger partial charge on any atom is -0.477 e. The van der Waals surface area contributed by atoms with Gasteiger partial charge in [0.15, 0.2) is 5.76 Å². The Morgan fingerprint density at radius 3 is 2.58 bits per heavy atom. The van der Waals surface area contributed by atoms with Gasteiger partial charge in [0.25, 0.3) is 5.91 Å². The van der Waals surface area contributed by atoms with Crippen LogP contribution in [0.4, 0.5) is 5.82 Å². The number of carbonyl (C=O) groups excluding carboxylic acids is 1. The summed E-state index contributed by atoms with van der Waals surface area (Å²) in [5, 5.41) is 4.05. The summed E-state index contributed by atoms with van der Waals surface area (Å²) >= 11 is 0. The zero-order chi connectivity index (χ0) is 21.8. The first kappa shape index (κ1) is 20.8. The molecule has 0 aliphatic carbocycles. The van der Waals surface area contributed by atoms with Crippen LogP contribution < -0.4 is 9.64 Å². The van der Waals surface area contributed by atoms with E-state index in [2.05, 4.69) is 33.9 Å². The highest BCUT2D eigenvalue weighted by molar-refractivity contribution is 6.00. The summed E-state index contributed by atoms with van der Waals surface area (Å²) in [5.74, 6) is 2.28. The molecule has 3 heterocycles. The number of hydrogen-bond donors (Lipinski definition) is 0. The number of aryl methyl sites for hydroxylation is 1. The molecule has 1 aliphatic rings. The minimum absolute atomic E-state index is 0.0547. The van der Waals surface area contributed by atoms with E-state index in [1.54, 1.807) is 6.92 Å². The molecule has 0 bridgehead atoms. The van der Waals surface area contributed by atoms with Crippen LogP contribution in [0.5, 0.6) is 5.88 Å². The van der Waals surface area contributed by atoms with Gasteiger partial charge in [-0.15, -0.1) is 0 Å². The van der Waals surface area contributed by atoms with E-state index in [1.165, 1.54) is 6.33 Å². The van der Waals surface area contributed by atoms with E-state index < -0.39 is 0 Å². The van der Waals surface area contributed by atoms with Crippen LogP contribution in [0.15, 0.2) is 47.2 Å². The average molecular weight is 422 g/mol. The molecule has 162 valence electrons. The molecule has 1 saturated heterocycles. The first-order valence-electron chi connectivity index (χ1n) is 10.5. The maximum Gasteiger partial charge on any atom is 0.259 e. The van der Waals surface area contributed by atoms with Crippen LogP contribution in [0.3, 0.4) is 0 Å². The van der Waals surface area contributed by atoms with Crippen molar-refractivity contribution in [2.24, 2.45) is 5.92 Å². The molecule has 0 spiro atoms. The van der Waals surface area contributed by atoms with Gasteiger partial charge in [-0.2, -0.15) is 0 Å². The maximum atomic E-state index is 13.3. The number of nitrogens with zero attached hydrogens (tertiary/aromatic N) is 5. The van der Waals surface area contributed by atoms with Crippen molar-refractivity contribution in [1.29, 1.82) is 0 Å². The SMILES string of the molecule is Cc1noc(-c2ccccc2)c1C(=O)N1CCN(c2cc(OCC(C)C)ncn2)CC1. The number of aromatic nitrogens is 3. The monoisotopic (exact) mass is 421 g/mol. The van der Waals surface area contributed by atoms with Crippen molar-refractivity contribution < 1.29 is 14.1 Å². The smallest absolute Gasteiger partial charge is 0.259 e. The van der Waals surface area contributed by atoms with Gasteiger partial charge in [0.1, 0.15) is 17.7 Å². The lowest BCUT2D eigenvalue weighted by molar-refractivity contribution is 0.0746. The van der Waals surface area contributed by atoms with E-state index in [0.717, 1.165) is 11.4 Å². The molecule has 1 aliphatic heterocycles. The molecule has 2 aromatic heterocycles. The van der Waals surface area contributed by atoms with Gasteiger partial charge >= 0.3 is 0 Å².